The molecule has 0 bridgehead atoms. The second-order valence-electron chi connectivity index (χ2n) is 6.76. The van der Waals surface area contributed by atoms with Gasteiger partial charge in [0.15, 0.2) is 0 Å². The number of ether oxygens (including phenoxy) is 2. The molecule has 23 heavy (non-hydrogen) atoms. The minimum absolute atomic E-state index is 0.233. The average Bonchev–Trinajstić information content (AvgIpc) is 3.01. The van der Waals surface area contributed by atoms with Crippen molar-refractivity contribution >= 4 is 5.91 Å². The monoisotopic (exact) mass is 317 g/mol. The van der Waals surface area contributed by atoms with Crippen molar-refractivity contribution in [3.8, 4) is 5.75 Å². The number of aryl methyl sites for hydroxylation is 1. The number of amides is 1. The van der Waals surface area contributed by atoms with Crippen molar-refractivity contribution in [2.45, 2.75) is 39.0 Å². The zero-order valence-corrected chi connectivity index (χ0v) is 14.1. The van der Waals surface area contributed by atoms with E-state index in [1.165, 1.54) is 5.56 Å². The van der Waals surface area contributed by atoms with Crippen LogP contribution in [0.3, 0.4) is 0 Å². The summed E-state index contributed by atoms with van der Waals surface area (Å²) in [6.07, 6.45) is 4.70. The highest BCUT2D eigenvalue weighted by Crippen LogP contribution is 2.38. The maximum absolute atomic E-state index is 12.2. The third-order valence-corrected chi connectivity index (χ3v) is 5.08. The first-order chi connectivity index (χ1) is 11.2. The van der Waals surface area contributed by atoms with Crippen LogP contribution < -0.4 is 4.74 Å². The maximum Gasteiger partial charge on any atom is 0.222 e. The first-order valence-electron chi connectivity index (χ1n) is 8.79. The molecule has 1 spiro atoms. The Morgan fingerprint density at radius 2 is 2.17 bits per heavy atom. The highest BCUT2D eigenvalue weighted by atomic mass is 16.5. The number of carbonyl (C=O) groups excluding carboxylic acids is 1. The molecule has 0 saturated carbocycles. The van der Waals surface area contributed by atoms with Crippen molar-refractivity contribution in [1.29, 1.82) is 0 Å². The zero-order chi connectivity index (χ0) is 16.1. The molecule has 0 aliphatic carbocycles. The number of likely N-dealkylation sites (tertiary alicyclic amines) is 1. The van der Waals surface area contributed by atoms with E-state index < -0.39 is 0 Å². The summed E-state index contributed by atoms with van der Waals surface area (Å²) in [5.74, 6) is 1.28. The third kappa shape index (κ3) is 3.86. The molecule has 3 rings (SSSR count). The Kier molecular flexibility index (Phi) is 5.21. The largest absolute Gasteiger partial charge is 0.494 e. The lowest BCUT2D eigenvalue weighted by Crippen LogP contribution is -2.47. The van der Waals surface area contributed by atoms with Gasteiger partial charge in [-0.1, -0.05) is 18.2 Å². The molecule has 0 radical (unpaired) electrons. The summed E-state index contributed by atoms with van der Waals surface area (Å²) in [6.45, 7) is 6.07. The predicted molar refractivity (Wildman–Crippen MR) is 89.6 cm³/mol. The summed E-state index contributed by atoms with van der Waals surface area (Å²) in [4.78, 5) is 14.3. The van der Waals surface area contributed by atoms with Gasteiger partial charge in [0.25, 0.3) is 0 Å². The molecular formula is C19H27NO3. The van der Waals surface area contributed by atoms with Crippen molar-refractivity contribution in [2.24, 2.45) is 5.41 Å². The molecule has 126 valence electrons. The minimum Gasteiger partial charge on any atom is -0.494 e. The Morgan fingerprint density at radius 1 is 1.30 bits per heavy atom. The predicted octanol–water partition coefficient (Wildman–Crippen LogP) is 3.05. The quantitative estimate of drug-likeness (QED) is 0.809. The van der Waals surface area contributed by atoms with Crippen molar-refractivity contribution in [3.05, 3.63) is 29.8 Å². The van der Waals surface area contributed by atoms with Gasteiger partial charge < -0.3 is 14.4 Å². The molecule has 2 aliphatic rings. The van der Waals surface area contributed by atoms with E-state index in [2.05, 4.69) is 17.0 Å². The van der Waals surface area contributed by atoms with Crippen LogP contribution in [-0.2, 0) is 16.0 Å². The van der Waals surface area contributed by atoms with Crippen LogP contribution >= 0.6 is 0 Å². The van der Waals surface area contributed by atoms with E-state index in [1.807, 2.05) is 19.1 Å². The van der Waals surface area contributed by atoms with E-state index >= 15 is 0 Å². The van der Waals surface area contributed by atoms with Gasteiger partial charge in [-0.05, 0) is 44.2 Å². The molecule has 2 heterocycles. The second kappa shape index (κ2) is 7.35. The molecule has 0 unspecified atom stereocenters. The molecule has 2 fully saturated rings. The van der Waals surface area contributed by atoms with E-state index in [4.69, 9.17) is 9.47 Å². The summed E-state index contributed by atoms with van der Waals surface area (Å²) in [6, 6.07) is 8.20. The van der Waals surface area contributed by atoms with Gasteiger partial charge in [0.05, 0.1) is 13.2 Å². The number of hydrogen-bond acceptors (Lipinski definition) is 3. The van der Waals surface area contributed by atoms with Gasteiger partial charge in [-0.2, -0.15) is 0 Å². The normalized spacial score (nSPS) is 24.4. The first-order valence-corrected chi connectivity index (χ1v) is 8.79. The summed E-state index contributed by atoms with van der Waals surface area (Å²) in [5.41, 5.74) is 1.47. The molecule has 1 aromatic carbocycles. The van der Waals surface area contributed by atoms with Crippen LogP contribution in [0.15, 0.2) is 24.3 Å². The van der Waals surface area contributed by atoms with Gasteiger partial charge in [-0.3, -0.25) is 4.79 Å². The molecule has 1 aromatic rings. The number of piperidine rings is 1. The van der Waals surface area contributed by atoms with Gasteiger partial charge in [-0.15, -0.1) is 0 Å². The lowest BCUT2D eigenvalue weighted by atomic mass is 9.79. The van der Waals surface area contributed by atoms with Gasteiger partial charge >= 0.3 is 0 Å². The number of benzene rings is 1. The molecule has 1 amide bonds. The topological polar surface area (TPSA) is 38.8 Å². The molecule has 4 heteroatoms. The van der Waals surface area contributed by atoms with Crippen LogP contribution in [0.2, 0.25) is 0 Å². The molecule has 0 aromatic heterocycles. The fourth-order valence-corrected chi connectivity index (χ4v) is 3.74. The number of carbonyl (C=O) groups is 1. The SMILES string of the molecule is CCOc1ccccc1CCCN1C[C@@]2(CCOC2)CCC1=O. The van der Waals surface area contributed by atoms with Gasteiger partial charge in [0.1, 0.15) is 5.75 Å². The Hall–Kier alpha value is -1.55. The van der Waals surface area contributed by atoms with Crippen LogP contribution in [-0.4, -0.2) is 43.7 Å². The van der Waals surface area contributed by atoms with Gasteiger partial charge in [0.2, 0.25) is 5.91 Å². The smallest absolute Gasteiger partial charge is 0.222 e. The third-order valence-electron chi connectivity index (χ3n) is 5.08. The van der Waals surface area contributed by atoms with E-state index in [0.717, 1.165) is 57.7 Å². The summed E-state index contributed by atoms with van der Waals surface area (Å²) in [7, 11) is 0. The fraction of sp³-hybridized carbons (Fsp3) is 0.632. The first kappa shape index (κ1) is 16.3. The van der Waals surface area contributed by atoms with Crippen molar-refractivity contribution in [3.63, 3.8) is 0 Å². The Labute approximate surface area is 138 Å². The standard InChI is InChI=1S/C19H27NO3/c1-2-23-17-8-4-3-6-16(17)7-5-12-20-14-19(10-9-18(20)21)11-13-22-15-19/h3-4,6,8H,2,5,7,9-15H2,1H3/t19-/m0/s1. The van der Waals surface area contributed by atoms with E-state index in [0.29, 0.717) is 18.9 Å². The molecule has 4 nitrogen and oxygen atoms in total. The Bertz CT molecular complexity index is 537. The second-order valence-corrected chi connectivity index (χ2v) is 6.76. The number of para-hydroxylation sites is 1. The van der Waals surface area contributed by atoms with Gasteiger partial charge in [-0.25, -0.2) is 0 Å². The molecule has 2 saturated heterocycles. The highest BCUT2D eigenvalue weighted by molar-refractivity contribution is 5.77. The van der Waals surface area contributed by atoms with Crippen molar-refractivity contribution in [2.75, 3.05) is 32.9 Å². The molecule has 1 atom stereocenters. The maximum atomic E-state index is 12.2. The average molecular weight is 317 g/mol. The number of nitrogens with zero attached hydrogens (tertiary/aromatic N) is 1. The number of rotatable bonds is 6. The number of hydrogen-bond donors (Lipinski definition) is 0. The van der Waals surface area contributed by atoms with Crippen LogP contribution in [0.1, 0.15) is 38.2 Å². The van der Waals surface area contributed by atoms with Crippen LogP contribution in [0.25, 0.3) is 0 Å². The lowest BCUT2D eigenvalue weighted by molar-refractivity contribution is -0.137. The highest BCUT2D eigenvalue weighted by Gasteiger charge is 2.41. The molecule has 2 aliphatic heterocycles. The van der Waals surface area contributed by atoms with E-state index in [9.17, 15) is 4.79 Å². The Balaban J connectivity index is 1.54. The summed E-state index contributed by atoms with van der Waals surface area (Å²) in [5, 5.41) is 0. The lowest BCUT2D eigenvalue weighted by Gasteiger charge is -2.39. The fourth-order valence-electron chi connectivity index (χ4n) is 3.74. The van der Waals surface area contributed by atoms with Gasteiger partial charge in [0, 0.05) is 31.5 Å². The zero-order valence-electron chi connectivity index (χ0n) is 14.1. The van der Waals surface area contributed by atoms with Crippen molar-refractivity contribution in [1.82, 2.24) is 4.90 Å². The van der Waals surface area contributed by atoms with E-state index in [-0.39, 0.29) is 5.41 Å². The molecular weight excluding hydrogens is 290 g/mol. The molecule has 0 N–H and O–H groups in total. The summed E-state index contributed by atoms with van der Waals surface area (Å²) < 4.78 is 11.3. The van der Waals surface area contributed by atoms with Crippen molar-refractivity contribution < 1.29 is 14.3 Å². The van der Waals surface area contributed by atoms with Crippen LogP contribution in [0.5, 0.6) is 5.75 Å². The minimum atomic E-state index is 0.233. The van der Waals surface area contributed by atoms with E-state index in [1.54, 1.807) is 0 Å². The Morgan fingerprint density at radius 3 is 2.96 bits per heavy atom. The summed E-state index contributed by atoms with van der Waals surface area (Å²) >= 11 is 0. The van der Waals surface area contributed by atoms with Crippen LogP contribution in [0, 0.1) is 5.41 Å². The van der Waals surface area contributed by atoms with Crippen LogP contribution in [0.4, 0.5) is 0 Å².